The number of thiophene rings is 1. The minimum absolute atomic E-state index is 0.748. The van der Waals surface area contributed by atoms with Crippen molar-refractivity contribution in [3.63, 3.8) is 0 Å². The summed E-state index contributed by atoms with van der Waals surface area (Å²) in [7, 11) is 0. The number of benzene rings is 2. The van der Waals surface area contributed by atoms with E-state index in [1.807, 2.05) is 42.5 Å². The number of halogens is 2. The molecule has 0 unspecified atom stereocenters. The number of rotatable bonds is 2. The van der Waals surface area contributed by atoms with Crippen molar-refractivity contribution in [3.05, 3.63) is 70.2 Å². The van der Waals surface area contributed by atoms with Crippen LogP contribution >= 0.6 is 34.5 Å². The second kappa shape index (κ2) is 5.61. The molecule has 20 heavy (non-hydrogen) atoms. The van der Waals surface area contributed by atoms with Crippen molar-refractivity contribution in [2.24, 2.45) is 0 Å². The van der Waals surface area contributed by atoms with E-state index >= 15 is 0 Å². The Hall–Kier alpha value is -1.28. The summed E-state index contributed by atoms with van der Waals surface area (Å²) in [6, 6.07) is 18.1. The van der Waals surface area contributed by atoms with Gasteiger partial charge in [0.2, 0.25) is 0 Å². The molecule has 0 aliphatic carbocycles. The predicted octanol–water partition coefficient (Wildman–Crippen LogP) is 6.70. The maximum Gasteiger partial charge on any atom is 0.0627 e. The lowest BCUT2D eigenvalue weighted by molar-refractivity contribution is 1.53. The van der Waals surface area contributed by atoms with Crippen molar-refractivity contribution < 1.29 is 0 Å². The summed E-state index contributed by atoms with van der Waals surface area (Å²) in [6.07, 6.45) is 0. The molecular weight excluding hydrogens is 307 g/mol. The largest absolute Gasteiger partial charge is 0.133 e. The lowest BCUT2D eigenvalue weighted by Gasteiger charge is -1.99. The molecule has 3 heteroatoms. The Kier molecular flexibility index (Phi) is 3.84. The molecule has 100 valence electrons. The smallest absolute Gasteiger partial charge is 0.0627 e. The van der Waals surface area contributed by atoms with E-state index in [0.717, 1.165) is 31.6 Å². The van der Waals surface area contributed by atoms with Crippen LogP contribution in [0.15, 0.2) is 54.6 Å². The molecule has 1 heterocycles. The Balaban J connectivity index is 2.13. The van der Waals surface area contributed by atoms with Crippen molar-refractivity contribution >= 4 is 34.5 Å². The molecule has 0 bridgehead atoms. The molecule has 0 aliphatic heterocycles. The van der Waals surface area contributed by atoms with Gasteiger partial charge in [-0.15, -0.1) is 11.3 Å². The Labute approximate surface area is 132 Å². The van der Waals surface area contributed by atoms with Gasteiger partial charge >= 0.3 is 0 Å². The zero-order valence-corrected chi connectivity index (χ0v) is 13.2. The van der Waals surface area contributed by atoms with Gasteiger partial charge in [0.05, 0.1) is 9.90 Å². The molecule has 0 fully saturated rings. The molecule has 1 aromatic heterocycles. The highest BCUT2D eigenvalue weighted by Crippen LogP contribution is 2.44. The van der Waals surface area contributed by atoms with Crippen molar-refractivity contribution in [1.29, 1.82) is 0 Å². The topological polar surface area (TPSA) is 0 Å². The fourth-order valence-corrected chi connectivity index (χ4v) is 3.86. The molecule has 0 nitrogen and oxygen atoms in total. The van der Waals surface area contributed by atoms with Gasteiger partial charge in [0, 0.05) is 9.90 Å². The molecular formula is C17H12Cl2S. The quantitative estimate of drug-likeness (QED) is 0.493. The monoisotopic (exact) mass is 318 g/mol. The van der Waals surface area contributed by atoms with Crippen LogP contribution in [0, 0.1) is 6.92 Å². The third kappa shape index (κ3) is 2.49. The van der Waals surface area contributed by atoms with Crippen LogP contribution in [0.1, 0.15) is 5.56 Å². The van der Waals surface area contributed by atoms with E-state index in [4.69, 9.17) is 23.2 Å². The van der Waals surface area contributed by atoms with Gasteiger partial charge in [-0.25, -0.2) is 0 Å². The first-order valence-corrected chi connectivity index (χ1v) is 7.84. The molecule has 3 aromatic rings. The van der Waals surface area contributed by atoms with Crippen molar-refractivity contribution in [3.8, 4) is 20.9 Å². The first kappa shape index (κ1) is 13.7. The maximum atomic E-state index is 6.51. The summed E-state index contributed by atoms with van der Waals surface area (Å²) in [5.41, 5.74) is 3.43. The van der Waals surface area contributed by atoms with Crippen molar-refractivity contribution in [2.45, 2.75) is 6.92 Å². The maximum absolute atomic E-state index is 6.51. The van der Waals surface area contributed by atoms with Crippen molar-refractivity contribution in [1.82, 2.24) is 0 Å². The standard InChI is InChI=1S/C17H12Cl2S/c1-11-15(19)17(12-5-3-2-4-6-12)20-16(11)13-7-9-14(18)10-8-13/h2-10H,1H3. The number of hydrogen-bond acceptors (Lipinski definition) is 1. The Morgan fingerprint density at radius 1 is 0.750 bits per heavy atom. The highest BCUT2D eigenvalue weighted by Gasteiger charge is 2.15. The van der Waals surface area contributed by atoms with E-state index < -0.39 is 0 Å². The molecule has 0 saturated heterocycles. The van der Waals surface area contributed by atoms with Crippen LogP contribution < -0.4 is 0 Å². The summed E-state index contributed by atoms with van der Waals surface area (Å²) in [4.78, 5) is 2.32. The molecule has 3 rings (SSSR count). The molecule has 0 N–H and O–H groups in total. The normalized spacial score (nSPS) is 10.8. The van der Waals surface area contributed by atoms with Crippen LogP contribution in [0.4, 0.5) is 0 Å². The second-order valence-corrected chi connectivity index (χ2v) is 6.41. The fourth-order valence-electron chi connectivity index (χ4n) is 2.15. The van der Waals surface area contributed by atoms with E-state index in [1.165, 1.54) is 4.88 Å². The van der Waals surface area contributed by atoms with E-state index in [9.17, 15) is 0 Å². The van der Waals surface area contributed by atoms with Crippen LogP contribution in [0.5, 0.6) is 0 Å². The minimum atomic E-state index is 0.748. The zero-order chi connectivity index (χ0) is 14.1. The molecule has 0 saturated carbocycles. The molecule has 0 atom stereocenters. The summed E-state index contributed by atoms with van der Waals surface area (Å²) in [5.74, 6) is 0. The molecule has 0 amide bonds. The van der Waals surface area contributed by atoms with E-state index in [2.05, 4.69) is 19.1 Å². The minimum Gasteiger partial charge on any atom is -0.133 e. The number of hydrogen-bond donors (Lipinski definition) is 0. The third-order valence-electron chi connectivity index (χ3n) is 3.22. The van der Waals surface area contributed by atoms with Crippen LogP contribution in [0.25, 0.3) is 20.9 Å². The summed E-state index contributed by atoms with van der Waals surface area (Å²) >= 11 is 14.2. The summed E-state index contributed by atoms with van der Waals surface area (Å²) in [6.45, 7) is 2.06. The van der Waals surface area contributed by atoms with Gasteiger partial charge in [-0.1, -0.05) is 65.7 Å². The van der Waals surface area contributed by atoms with E-state index in [1.54, 1.807) is 11.3 Å². The average Bonchev–Trinajstić information content (AvgIpc) is 2.77. The van der Waals surface area contributed by atoms with Gasteiger partial charge in [-0.05, 0) is 35.7 Å². The van der Waals surface area contributed by atoms with Crippen molar-refractivity contribution in [2.75, 3.05) is 0 Å². The lowest BCUT2D eigenvalue weighted by Crippen LogP contribution is -1.76. The van der Waals surface area contributed by atoms with Crippen LogP contribution in [0.2, 0.25) is 10.0 Å². The van der Waals surface area contributed by atoms with Gasteiger partial charge in [-0.2, -0.15) is 0 Å². The van der Waals surface area contributed by atoms with E-state index in [-0.39, 0.29) is 0 Å². The van der Waals surface area contributed by atoms with Crippen LogP contribution in [0.3, 0.4) is 0 Å². The predicted molar refractivity (Wildman–Crippen MR) is 89.9 cm³/mol. The average molecular weight is 319 g/mol. The Morgan fingerprint density at radius 2 is 1.35 bits per heavy atom. The van der Waals surface area contributed by atoms with Gasteiger partial charge < -0.3 is 0 Å². The summed E-state index contributed by atoms with van der Waals surface area (Å²) < 4.78 is 0. The molecule has 0 aliphatic rings. The van der Waals surface area contributed by atoms with Crippen LogP contribution in [-0.2, 0) is 0 Å². The fraction of sp³-hybridized carbons (Fsp3) is 0.0588. The van der Waals surface area contributed by atoms with Gasteiger partial charge in [0.25, 0.3) is 0 Å². The van der Waals surface area contributed by atoms with Gasteiger partial charge in [0.15, 0.2) is 0 Å². The molecule has 2 aromatic carbocycles. The first-order valence-electron chi connectivity index (χ1n) is 6.27. The SMILES string of the molecule is Cc1c(-c2ccc(Cl)cc2)sc(-c2ccccc2)c1Cl. The molecule has 0 spiro atoms. The van der Waals surface area contributed by atoms with E-state index in [0.29, 0.717) is 0 Å². The lowest BCUT2D eigenvalue weighted by atomic mass is 10.1. The zero-order valence-electron chi connectivity index (χ0n) is 10.9. The van der Waals surface area contributed by atoms with Crippen LogP contribution in [-0.4, -0.2) is 0 Å². The highest BCUT2D eigenvalue weighted by atomic mass is 35.5. The van der Waals surface area contributed by atoms with Gasteiger partial charge in [-0.3, -0.25) is 0 Å². The second-order valence-electron chi connectivity index (χ2n) is 4.57. The Bertz CT molecular complexity index is 728. The summed E-state index contributed by atoms with van der Waals surface area (Å²) in [5, 5.41) is 1.59. The molecule has 0 radical (unpaired) electrons. The highest BCUT2D eigenvalue weighted by molar-refractivity contribution is 7.19. The third-order valence-corrected chi connectivity index (χ3v) is 5.44. The Morgan fingerprint density at radius 3 is 2.00 bits per heavy atom. The first-order chi connectivity index (χ1) is 9.66. The van der Waals surface area contributed by atoms with Gasteiger partial charge in [0.1, 0.15) is 0 Å².